The van der Waals surface area contributed by atoms with E-state index < -0.39 is 0 Å². The van der Waals surface area contributed by atoms with Crippen molar-refractivity contribution < 1.29 is 4.79 Å². The largest absolute Gasteiger partial charge is 0.337 e. The lowest BCUT2D eigenvalue weighted by molar-refractivity contribution is 0.250. The molecule has 102 valence electrons. The van der Waals surface area contributed by atoms with Gasteiger partial charge in [-0.05, 0) is 26.4 Å². The Balaban J connectivity index is 2.33. The van der Waals surface area contributed by atoms with E-state index in [1.54, 1.807) is 0 Å². The quantitative estimate of drug-likeness (QED) is 0.831. The molecule has 0 aromatic carbocycles. The first-order valence-electron chi connectivity index (χ1n) is 6.11. The molecule has 0 saturated carbocycles. The Morgan fingerprint density at radius 1 is 1.50 bits per heavy atom. The van der Waals surface area contributed by atoms with Crippen LogP contribution in [0.1, 0.15) is 18.7 Å². The molecule has 0 aliphatic heterocycles. The normalized spacial score (nSPS) is 11.0. The van der Waals surface area contributed by atoms with Crippen LogP contribution in [0.25, 0.3) is 0 Å². The third kappa shape index (κ3) is 5.97. The highest BCUT2D eigenvalue weighted by atomic mass is 32.1. The van der Waals surface area contributed by atoms with Crippen LogP contribution < -0.4 is 10.6 Å². The SMILES string of the molecule is CC(C)Cc1cnc(NC(=O)NCCN(C)C)s1. The van der Waals surface area contributed by atoms with E-state index in [0.717, 1.165) is 13.0 Å². The Labute approximate surface area is 113 Å². The van der Waals surface area contributed by atoms with Crippen molar-refractivity contribution in [3.63, 3.8) is 0 Å². The van der Waals surface area contributed by atoms with Gasteiger partial charge in [-0.1, -0.05) is 13.8 Å². The molecule has 1 aromatic heterocycles. The molecule has 0 aliphatic rings. The maximum Gasteiger partial charge on any atom is 0.321 e. The van der Waals surface area contributed by atoms with E-state index in [2.05, 4.69) is 29.5 Å². The van der Waals surface area contributed by atoms with Crippen molar-refractivity contribution in [2.24, 2.45) is 5.92 Å². The first-order valence-corrected chi connectivity index (χ1v) is 6.93. The number of thiazole rings is 1. The molecule has 1 aromatic rings. The van der Waals surface area contributed by atoms with Crippen LogP contribution in [0.4, 0.5) is 9.93 Å². The fourth-order valence-electron chi connectivity index (χ4n) is 1.40. The Morgan fingerprint density at radius 2 is 2.22 bits per heavy atom. The van der Waals surface area contributed by atoms with E-state index in [1.165, 1.54) is 16.2 Å². The lowest BCUT2D eigenvalue weighted by atomic mass is 10.1. The summed E-state index contributed by atoms with van der Waals surface area (Å²) in [4.78, 5) is 19.0. The van der Waals surface area contributed by atoms with Gasteiger partial charge in [0.2, 0.25) is 0 Å². The number of hydrogen-bond donors (Lipinski definition) is 2. The van der Waals surface area contributed by atoms with Crippen molar-refractivity contribution in [1.29, 1.82) is 0 Å². The molecule has 0 aliphatic carbocycles. The second-order valence-electron chi connectivity index (χ2n) is 4.91. The number of rotatable bonds is 6. The lowest BCUT2D eigenvalue weighted by Gasteiger charge is -2.10. The standard InChI is InChI=1S/C12H22N4OS/c1-9(2)7-10-8-14-12(18-10)15-11(17)13-5-6-16(3)4/h8-9H,5-7H2,1-4H3,(H2,13,14,15,17). The van der Waals surface area contributed by atoms with Gasteiger partial charge in [0.25, 0.3) is 0 Å². The average Bonchev–Trinajstić information content (AvgIpc) is 2.63. The number of carbonyl (C=O) groups is 1. The number of carbonyl (C=O) groups excluding carboxylic acids is 1. The zero-order chi connectivity index (χ0) is 13.5. The highest BCUT2D eigenvalue weighted by molar-refractivity contribution is 7.15. The number of urea groups is 1. The van der Waals surface area contributed by atoms with Crippen LogP contribution in [0.5, 0.6) is 0 Å². The van der Waals surface area contributed by atoms with E-state index in [-0.39, 0.29) is 6.03 Å². The van der Waals surface area contributed by atoms with Gasteiger partial charge >= 0.3 is 6.03 Å². The molecular weight excluding hydrogens is 248 g/mol. The molecule has 1 heterocycles. The fourth-order valence-corrected chi connectivity index (χ4v) is 2.42. The summed E-state index contributed by atoms with van der Waals surface area (Å²) >= 11 is 1.54. The third-order valence-corrected chi connectivity index (χ3v) is 3.16. The van der Waals surface area contributed by atoms with E-state index in [0.29, 0.717) is 17.6 Å². The molecule has 0 atom stereocenters. The zero-order valence-electron chi connectivity index (χ0n) is 11.5. The molecule has 0 fully saturated rings. The van der Waals surface area contributed by atoms with E-state index >= 15 is 0 Å². The summed E-state index contributed by atoms with van der Waals surface area (Å²) in [6, 6.07) is -0.192. The van der Waals surface area contributed by atoms with Crippen molar-refractivity contribution in [3.05, 3.63) is 11.1 Å². The van der Waals surface area contributed by atoms with Crippen LogP contribution in [0, 0.1) is 5.92 Å². The molecular formula is C12H22N4OS. The van der Waals surface area contributed by atoms with Crippen LogP contribution in [-0.2, 0) is 6.42 Å². The van der Waals surface area contributed by atoms with E-state index in [4.69, 9.17) is 0 Å². The summed E-state index contributed by atoms with van der Waals surface area (Å²) in [7, 11) is 3.94. The van der Waals surface area contributed by atoms with Gasteiger partial charge in [-0.15, -0.1) is 11.3 Å². The first kappa shape index (κ1) is 14.9. The molecule has 0 radical (unpaired) electrons. The summed E-state index contributed by atoms with van der Waals surface area (Å²) in [5, 5.41) is 6.20. The molecule has 0 saturated heterocycles. The van der Waals surface area contributed by atoms with E-state index in [1.807, 2.05) is 25.2 Å². The van der Waals surface area contributed by atoms with Gasteiger partial charge in [-0.3, -0.25) is 5.32 Å². The van der Waals surface area contributed by atoms with Gasteiger partial charge < -0.3 is 10.2 Å². The smallest absolute Gasteiger partial charge is 0.321 e. The number of nitrogens with one attached hydrogen (secondary N) is 2. The number of aromatic nitrogens is 1. The summed E-state index contributed by atoms with van der Waals surface area (Å²) in [5.74, 6) is 0.604. The second-order valence-corrected chi connectivity index (χ2v) is 6.03. The van der Waals surface area contributed by atoms with Crippen molar-refractivity contribution in [2.75, 3.05) is 32.5 Å². The summed E-state index contributed by atoms with van der Waals surface area (Å²) < 4.78 is 0. The average molecular weight is 270 g/mol. The second kappa shape index (κ2) is 7.33. The Hall–Kier alpha value is -1.14. The minimum absolute atomic E-state index is 0.192. The van der Waals surface area contributed by atoms with Crippen LogP contribution in [0.3, 0.4) is 0 Å². The van der Waals surface area contributed by atoms with Crippen LogP contribution in [0.15, 0.2) is 6.20 Å². The van der Waals surface area contributed by atoms with Gasteiger partial charge in [0.1, 0.15) is 0 Å². The Bertz CT molecular complexity index is 376. The predicted molar refractivity (Wildman–Crippen MR) is 76.2 cm³/mol. The lowest BCUT2D eigenvalue weighted by Crippen LogP contribution is -2.34. The number of likely N-dealkylation sites (N-methyl/N-ethyl adjacent to an activating group) is 1. The molecule has 6 heteroatoms. The number of hydrogen-bond acceptors (Lipinski definition) is 4. The molecule has 1 rings (SSSR count). The third-order valence-electron chi connectivity index (χ3n) is 2.23. The highest BCUT2D eigenvalue weighted by Crippen LogP contribution is 2.20. The molecule has 0 bridgehead atoms. The maximum atomic E-state index is 11.6. The van der Waals surface area contributed by atoms with Crippen molar-refractivity contribution in [2.45, 2.75) is 20.3 Å². The van der Waals surface area contributed by atoms with Gasteiger partial charge in [0.15, 0.2) is 5.13 Å². The predicted octanol–water partition coefficient (Wildman–Crippen LogP) is 2.02. The van der Waals surface area contributed by atoms with Gasteiger partial charge in [-0.25, -0.2) is 9.78 Å². The molecule has 5 nitrogen and oxygen atoms in total. The Kier molecular flexibility index (Phi) is 6.07. The number of nitrogens with zero attached hydrogens (tertiary/aromatic N) is 2. The van der Waals surface area contributed by atoms with Crippen molar-refractivity contribution >= 4 is 22.5 Å². The minimum Gasteiger partial charge on any atom is -0.337 e. The minimum atomic E-state index is -0.192. The topological polar surface area (TPSA) is 57.3 Å². The monoisotopic (exact) mass is 270 g/mol. The molecule has 18 heavy (non-hydrogen) atoms. The Morgan fingerprint density at radius 3 is 2.83 bits per heavy atom. The first-order chi connectivity index (χ1) is 8.47. The summed E-state index contributed by atoms with van der Waals surface area (Å²) in [5.41, 5.74) is 0. The van der Waals surface area contributed by atoms with Gasteiger partial charge in [0.05, 0.1) is 0 Å². The van der Waals surface area contributed by atoms with Crippen molar-refractivity contribution in [1.82, 2.24) is 15.2 Å². The molecule has 2 N–H and O–H groups in total. The zero-order valence-corrected chi connectivity index (χ0v) is 12.3. The summed E-state index contributed by atoms with van der Waals surface area (Å²) in [6.45, 7) is 5.79. The molecule has 0 unspecified atom stereocenters. The fraction of sp³-hybridized carbons (Fsp3) is 0.667. The van der Waals surface area contributed by atoms with Crippen LogP contribution in [-0.4, -0.2) is 43.1 Å². The molecule has 0 spiro atoms. The van der Waals surface area contributed by atoms with Crippen LogP contribution in [0.2, 0.25) is 0 Å². The molecule has 2 amide bonds. The number of anilines is 1. The maximum absolute atomic E-state index is 11.6. The van der Waals surface area contributed by atoms with E-state index in [9.17, 15) is 4.79 Å². The van der Waals surface area contributed by atoms with Gasteiger partial charge in [0, 0.05) is 24.2 Å². The van der Waals surface area contributed by atoms with Crippen molar-refractivity contribution in [3.8, 4) is 0 Å². The highest BCUT2D eigenvalue weighted by Gasteiger charge is 2.07. The number of amides is 2. The van der Waals surface area contributed by atoms with Crippen LogP contribution >= 0.6 is 11.3 Å². The summed E-state index contributed by atoms with van der Waals surface area (Å²) in [6.07, 6.45) is 2.84. The van der Waals surface area contributed by atoms with Gasteiger partial charge in [-0.2, -0.15) is 0 Å².